The van der Waals surface area contributed by atoms with Crippen molar-refractivity contribution in [1.82, 2.24) is 0 Å². The van der Waals surface area contributed by atoms with Crippen molar-refractivity contribution < 1.29 is 10.9 Å². The van der Waals surface area contributed by atoms with Crippen LogP contribution in [0.5, 0.6) is 0 Å². The fourth-order valence-corrected chi connectivity index (χ4v) is 14.8. The summed E-state index contributed by atoms with van der Waals surface area (Å²) in [5.41, 5.74) is 4.28. The van der Waals surface area contributed by atoms with E-state index >= 15 is 0 Å². The van der Waals surface area contributed by atoms with Gasteiger partial charge in [-0.05, 0) is 81.3 Å². The van der Waals surface area contributed by atoms with Gasteiger partial charge >= 0.3 is 39.3 Å². The van der Waals surface area contributed by atoms with E-state index in [-0.39, 0.29) is 0 Å². The molecule has 0 aromatic heterocycles. The zero-order chi connectivity index (χ0) is 25.1. The van der Waals surface area contributed by atoms with Crippen molar-refractivity contribution in [3.8, 4) is 0 Å². The molecular formula is C30H50Br2N2NiP. The van der Waals surface area contributed by atoms with E-state index in [0.717, 1.165) is 29.4 Å². The van der Waals surface area contributed by atoms with E-state index in [1.807, 2.05) is 0 Å². The van der Waals surface area contributed by atoms with Crippen LogP contribution in [0.4, 0.5) is 0 Å². The maximum absolute atomic E-state index is 6.07. The van der Waals surface area contributed by atoms with Gasteiger partial charge in [0, 0.05) is 6.54 Å². The van der Waals surface area contributed by atoms with Crippen molar-refractivity contribution in [3.05, 3.63) is 29.2 Å². The van der Waals surface area contributed by atoms with Gasteiger partial charge in [0.15, 0.2) is 0 Å². The Kier molecular flexibility index (Phi) is 13.5. The van der Waals surface area contributed by atoms with Gasteiger partial charge in [-0.1, -0.05) is 101 Å². The number of hydrogen-bond acceptors (Lipinski definition) is 1. The van der Waals surface area contributed by atoms with Crippen molar-refractivity contribution in [2.45, 2.75) is 151 Å². The topological polar surface area (TPSA) is 26.5 Å². The molecule has 6 heteroatoms. The van der Waals surface area contributed by atoms with E-state index in [2.05, 4.69) is 46.7 Å². The molecule has 0 spiro atoms. The molecule has 209 valence electrons. The van der Waals surface area contributed by atoms with E-state index in [1.54, 1.807) is 0 Å². The zero-order valence-corrected chi connectivity index (χ0v) is 27.4. The molecule has 36 heavy (non-hydrogen) atoms. The minimum atomic E-state index is -1.33. The quantitative estimate of drug-likeness (QED) is 0.196. The van der Waals surface area contributed by atoms with E-state index in [0.29, 0.717) is 6.04 Å². The Hall–Kier alpha value is 0.964. The molecule has 1 heterocycles. The molecule has 5 aliphatic rings. The summed E-state index contributed by atoms with van der Waals surface area (Å²) < 4.78 is 6.07. The molecule has 0 saturated heterocycles. The van der Waals surface area contributed by atoms with Crippen molar-refractivity contribution in [1.29, 1.82) is 0 Å². The molecule has 0 aromatic rings. The summed E-state index contributed by atoms with van der Waals surface area (Å²) in [5, 5.41) is 5.34. The average molecular weight is 688 g/mol. The van der Waals surface area contributed by atoms with Gasteiger partial charge in [-0.3, -0.25) is 0 Å². The predicted octanol–water partition coefficient (Wildman–Crippen LogP) is 11.7. The molecule has 4 aliphatic carbocycles. The van der Waals surface area contributed by atoms with Crippen LogP contribution in [0, 0.1) is 5.92 Å². The summed E-state index contributed by atoms with van der Waals surface area (Å²) in [6.07, 6.45) is 36.2. The van der Waals surface area contributed by atoms with Crippen LogP contribution in [0.3, 0.4) is 0 Å². The Morgan fingerprint density at radius 2 is 1.11 bits per heavy atom. The second-order valence-electron chi connectivity index (χ2n) is 12.0. The minimum absolute atomic E-state index is 0.321. The van der Waals surface area contributed by atoms with Crippen molar-refractivity contribution in [2.75, 3.05) is 6.54 Å². The van der Waals surface area contributed by atoms with E-state index in [9.17, 15) is 0 Å². The molecular weight excluding hydrogens is 638 g/mol. The number of halogens is 2. The zero-order valence-electron chi connectivity index (χ0n) is 22.4. The molecule has 0 aromatic carbocycles. The summed E-state index contributed by atoms with van der Waals surface area (Å²) in [6, 6.07) is 0.321. The van der Waals surface area contributed by atoms with Gasteiger partial charge < -0.3 is 10.1 Å². The number of hydrogen-bond donors (Lipinski definition) is 0. The van der Waals surface area contributed by atoms with Crippen LogP contribution in [0.2, 0.25) is 0 Å². The van der Waals surface area contributed by atoms with Gasteiger partial charge in [-0.25, -0.2) is 0 Å². The van der Waals surface area contributed by atoms with Crippen LogP contribution in [-0.2, 0) is 10.9 Å². The van der Waals surface area contributed by atoms with Crippen molar-refractivity contribution >= 4 is 35.5 Å². The molecule has 1 aliphatic heterocycles. The molecule has 5 rings (SSSR count). The van der Waals surface area contributed by atoms with Gasteiger partial charge in [-0.15, -0.1) is 0 Å². The first kappa shape index (κ1) is 29.9. The van der Waals surface area contributed by atoms with E-state index in [1.165, 1.54) is 145 Å². The third-order valence-corrected chi connectivity index (χ3v) is 15.6. The molecule has 0 N–H and O–H groups in total. The molecule has 4 fully saturated rings. The summed E-state index contributed by atoms with van der Waals surface area (Å²) in [6.45, 7) is 0.998. The van der Waals surface area contributed by atoms with E-state index < -0.39 is 7.05 Å². The van der Waals surface area contributed by atoms with Crippen LogP contribution >= 0.6 is 35.5 Å². The summed E-state index contributed by atoms with van der Waals surface area (Å²) in [7, 11) is -0.0793. The van der Waals surface area contributed by atoms with Crippen LogP contribution in [0.15, 0.2) is 28.7 Å². The summed E-state index contributed by atoms with van der Waals surface area (Å²) >= 11 is 6.00. The monoisotopic (exact) mass is 685 g/mol. The first-order valence-corrected chi connectivity index (χ1v) is 22.1. The van der Waals surface area contributed by atoms with Crippen LogP contribution in [-0.4, -0.2) is 29.6 Å². The normalized spacial score (nSPS) is 27.6. The third-order valence-electron chi connectivity index (χ3n) is 9.93. The molecule has 1 atom stereocenters. The molecule has 4 saturated carbocycles. The van der Waals surface area contributed by atoms with Crippen molar-refractivity contribution in [3.63, 3.8) is 0 Å². The molecule has 2 nitrogen and oxygen atoms in total. The molecule has 1 unspecified atom stereocenters. The summed E-state index contributed by atoms with van der Waals surface area (Å²) in [4.78, 5) is 0. The first-order chi connectivity index (χ1) is 17.8. The van der Waals surface area contributed by atoms with Crippen LogP contribution in [0.25, 0.3) is 5.32 Å². The fraction of sp³-hybridized carbons (Fsp3) is 0.867. The standard InChI is InChI=1S/C30H50N2P.2BrH.Ni/c1-5-14-25(15-6-1)30-23-13-16-26(32-30)24-31-33(27-17-7-2-8-18-27,28-19-9-3-10-20-28)29-21-11-4-12-22-29;;;/h13,16,23,25-29H,1-12,14-15,17-22,24H2;2*1H;/q-1;;;+3/p-2. The molecule has 0 radical (unpaired) electrons. The molecule has 0 bridgehead atoms. The van der Waals surface area contributed by atoms with Crippen LogP contribution in [0.1, 0.15) is 128 Å². The second-order valence-corrected chi connectivity index (χ2v) is 21.1. The Morgan fingerprint density at radius 1 is 0.694 bits per heavy atom. The Balaban J connectivity index is 0.000000967. The van der Waals surface area contributed by atoms with Crippen LogP contribution < -0.4 is 0 Å². The van der Waals surface area contributed by atoms with Gasteiger partial charge in [0.25, 0.3) is 0 Å². The maximum atomic E-state index is 6.07. The Labute approximate surface area is 242 Å². The first-order valence-electron chi connectivity index (χ1n) is 15.3. The summed E-state index contributed by atoms with van der Waals surface area (Å²) in [5.74, 6) is 0.723. The Morgan fingerprint density at radius 3 is 1.56 bits per heavy atom. The SMILES string of the molecule is C1=CC(CN=P(C2CCCCC2)(C2CCCCC2)C2CCCCC2)[N-]C(C2CCCCC2)=C1.[Br][Ni+][Br]. The second kappa shape index (κ2) is 16.3. The molecule has 0 amide bonds. The Bertz CT molecular complexity index is 694. The third kappa shape index (κ3) is 8.01. The predicted molar refractivity (Wildman–Crippen MR) is 164 cm³/mol. The van der Waals surface area contributed by atoms with Gasteiger partial charge in [0.2, 0.25) is 0 Å². The number of rotatable bonds is 6. The van der Waals surface area contributed by atoms with Gasteiger partial charge in [0.05, 0.1) is 0 Å². The average Bonchev–Trinajstić information content (AvgIpc) is 2.96. The fourth-order valence-electron chi connectivity index (χ4n) is 8.25. The number of nitrogens with zero attached hydrogens (tertiary/aromatic N) is 2. The van der Waals surface area contributed by atoms with Gasteiger partial charge in [0.1, 0.15) is 0 Å². The van der Waals surface area contributed by atoms with E-state index in [4.69, 9.17) is 10.1 Å². The number of allylic oxidation sites excluding steroid dienone is 3. The van der Waals surface area contributed by atoms with Crippen molar-refractivity contribution in [2.24, 2.45) is 10.7 Å². The van der Waals surface area contributed by atoms with Gasteiger partial charge in [-0.2, -0.15) is 5.70 Å².